The molecule has 1 aromatic carbocycles. The van der Waals surface area contributed by atoms with Crippen molar-refractivity contribution in [3.8, 4) is 0 Å². The SMILES string of the molecule is CNC(CCSC)Cc1ccc2ccccc2n1. The molecule has 1 aromatic heterocycles. The van der Waals surface area contributed by atoms with Crippen molar-refractivity contribution in [2.75, 3.05) is 19.1 Å². The van der Waals surface area contributed by atoms with Gasteiger partial charge in [-0.25, -0.2) is 0 Å². The van der Waals surface area contributed by atoms with Crippen LogP contribution >= 0.6 is 11.8 Å². The molecule has 18 heavy (non-hydrogen) atoms. The van der Waals surface area contributed by atoms with Crippen LogP contribution in [0, 0.1) is 0 Å². The minimum Gasteiger partial charge on any atom is -0.317 e. The molecular formula is C15H20N2S. The van der Waals surface area contributed by atoms with Crippen LogP contribution in [0.3, 0.4) is 0 Å². The lowest BCUT2D eigenvalue weighted by Gasteiger charge is -2.15. The summed E-state index contributed by atoms with van der Waals surface area (Å²) in [5.74, 6) is 1.19. The summed E-state index contributed by atoms with van der Waals surface area (Å²) in [7, 11) is 2.03. The number of pyridine rings is 1. The van der Waals surface area contributed by atoms with Crippen LogP contribution in [0.5, 0.6) is 0 Å². The molecule has 2 rings (SSSR count). The molecule has 2 nitrogen and oxygen atoms in total. The van der Waals surface area contributed by atoms with Crippen LogP contribution in [0.2, 0.25) is 0 Å². The molecule has 1 atom stereocenters. The van der Waals surface area contributed by atoms with Crippen molar-refractivity contribution in [3.63, 3.8) is 0 Å². The van der Waals surface area contributed by atoms with E-state index < -0.39 is 0 Å². The molecule has 1 unspecified atom stereocenters. The van der Waals surface area contributed by atoms with Gasteiger partial charge in [0.15, 0.2) is 0 Å². The van der Waals surface area contributed by atoms with E-state index in [9.17, 15) is 0 Å². The Morgan fingerprint density at radius 2 is 2.06 bits per heavy atom. The topological polar surface area (TPSA) is 24.9 Å². The van der Waals surface area contributed by atoms with Crippen LogP contribution in [-0.4, -0.2) is 30.1 Å². The van der Waals surface area contributed by atoms with Gasteiger partial charge in [-0.05, 0) is 37.6 Å². The largest absolute Gasteiger partial charge is 0.317 e. The highest BCUT2D eigenvalue weighted by atomic mass is 32.2. The number of fused-ring (bicyclic) bond motifs is 1. The first kappa shape index (κ1) is 13.4. The Balaban J connectivity index is 2.10. The molecular weight excluding hydrogens is 240 g/mol. The third-order valence-electron chi connectivity index (χ3n) is 3.19. The fourth-order valence-electron chi connectivity index (χ4n) is 2.08. The third-order valence-corrected chi connectivity index (χ3v) is 3.83. The number of aromatic nitrogens is 1. The van der Waals surface area contributed by atoms with Crippen LogP contribution < -0.4 is 5.32 Å². The van der Waals surface area contributed by atoms with E-state index in [1.807, 2.05) is 24.9 Å². The summed E-state index contributed by atoms with van der Waals surface area (Å²) in [6, 6.07) is 13.1. The second kappa shape index (κ2) is 6.76. The number of para-hydroxylation sites is 1. The van der Waals surface area contributed by atoms with E-state index >= 15 is 0 Å². The molecule has 0 fully saturated rings. The van der Waals surface area contributed by atoms with Gasteiger partial charge in [-0.3, -0.25) is 4.98 Å². The van der Waals surface area contributed by atoms with E-state index in [0.29, 0.717) is 6.04 Å². The Morgan fingerprint density at radius 3 is 2.83 bits per heavy atom. The second-order valence-corrected chi connectivity index (χ2v) is 5.45. The number of likely N-dealkylation sites (N-methyl/N-ethyl adjacent to an activating group) is 1. The molecule has 1 N–H and O–H groups in total. The summed E-state index contributed by atoms with van der Waals surface area (Å²) in [4.78, 5) is 4.72. The maximum atomic E-state index is 4.72. The molecule has 0 aliphatic heterocycles. The molecule has 0 spiro atoms. The Kier molecular flexibility index (Phi) is 5.02. The van der Waals surface area contributed by atoms with Gasteiger partial charge < -0.3 is 5.32 Å². The van der Waals surface area contributed by atoms with Gasteiger partial charge in [0, 0.05) is 23.5 Å². The second-order valence-electron chi connectivity index (χ2n) is 4.47. The summed E-state index contributed by atoms with van der Waals surface area (Å²) in [6.45, 7) is 0. The molecule has 0 bridgehead atoms. The van der Waals surface area contributed by atoms with Crippen LogP contribution in [0.4, 0.5) is 0 Å². The summed E-state index contributed by atoms with van der Waals surface area (Å²) in [5, 5.41) is 4.59. The number of thioether (sulfide) groups is 1. The molecule has 0 radical (unpaired) electrons. The number of nitrogens with one attached hydrogen (secondary N) is 1. The summed E-state index contributed by atoms with van der Waals surface area (Å²) >= 11 is 1.90. The highest BCUT2D eigenvalue weighted by Gasteiger charge is 2.08. The van der Waals surface area contributed by atoms with Crippen molar-refractivity contribution >= 4 is 22.7 Å². The first-order valence-corrected chi connectivity index (χ1v) is 7.73. The van der Waals surface area contributed by atoms with E-state index in [-0.39, 0.29) is 0 Å². The van der Waals surface area contributed by atoms with Gasteiger partial charge in [0.25, 0.3) is 0 Å². The zero-order valence-corrected chi connectivity index (χ0v) is 11.8. The summed E-state index contributed by atoms with van der Waals surface area (Å²) < 4.78 is 0. The van der Waals surface area contributed by atoms with Gasteiger partial charge in [0.05, 0.1) is 5.52 Å². The van der Waals surface area contributed by atoms with Crippen molar-refractivity contribution in [2.24, 2.45) is 0 Å². The van der Waals surface area contributed by atoms with Crippen LogP contribution in [-0.2, 0) is 6.42 Å². The quantitative estimate of drug-likeness (QED) is 0.864. The highest BCUT2D eigenvalue weighted by Crippen LogP contribution is 2.13. The molecule has 0 saturated carbocycles. The Bertz CT molecular complexity index is 499. The van der Waals surface area contributed by atoms with E-state index in [0.717, 1.165) is 11.9 Å². The maximum Gasteiger partial charge on any atom is 0.0705 e. The van der Waals surface area contributed by atoms with Crippen LogP contribution in [0.15, 0.2) is 36.4 Å². The number of hydrogen-bond acceptors (Lipinski definition) is 3. The summed E-state index contributed by atoms with van der Waals surface area (Å²) in [5.41, 5.74) is 2.27. The van der Waals surface area contributed by atoms with Crippen LogP contribution in [0.25, 0.3) is 10.9 Å². The van der Waals surface area contributed by atoms with Gasteiger partial charge in [-0.2, -0.15) is 11.8 Å². The number of rotatable bonds is 6. The third kappa shape index (κ3) is 3.47. The summed E-state index contributed by atoms with van der Waals surface area (Å²) in [6.07, 6.45) is 4.34. The molecule has 0 saturated heterocycles. The smallest absolute Gasteiger partial charge is 0.0705 e. The highest BCUT2D eigenvalue weighted by molar-refractivity contribution is 7.98. The van der Waals surface area contributed by atoms with Crippen molar-refractivity contribution in [1.29, 1.82) is 0 Å². The number of benzene rings is 1. The molecule has 2 aromatic rings. The van der Waals surface area contributed by atoms with E-state index in [1.165, 1.54) is 23.3 Å². The fraction of sp³-hybridized carbons (Fsp3) is 0.400. The van der Waals surface area contributed by atoms with E-state index in [1.54, 1.807) is 0 Å². The van der Waals surface area contributed by atoms with Gasteiger partial charge in [0.1, 0.15) is 0 Å². The molecule has 0 amide bonds. The fourth-order valence-corrected chi connectivity index (χ4v) is 2.60. The Hall–Kier alpha value is -1.06. The van der Waals surface area contributed by atoms with Gasteiger partial charge in [-0.15, -0.1) is 0 Å². The van der Waals surface area contributed by atoms with Crippen molar-refractivity contribution in [3.05, 3.63) is 42.1 Å². The molecule has 3 heteroatoms. The Morgan fingerprint density at radius 1 is 1.22 bits per heavy atom. The van der Waals surface area contributed by atoms with Crippen LogP contribution in [0.1, 0.15) is 12.1 Å². The normalized spacial score (nSPS) is 12.8. The zero-order chi connectivity index (χ0) is 12.8. The van der Waals surface area contributed by atoms with Gasteiger partial charge in [0.2, 0.25) is 0 Å². The van der Waals surface area contributed by atoms with E-state index in [2.05, 4.69) is 41.9 Å². The first-order valence-electron chi connectivity index (χ1n) is 6.34. The predicted octanol–water partition coefficient (Wildman–Crippen LogP) is 3.12. The average molecular weight is 260 g/mol. The zero-order valence-electron chi connectivity index (χ0n) is 11.0. The minimum absolute atomic E-state index is 0.520. The first-order chi connectivity index (χ1) is 8.83. The maximum absolute atomic E-state index is 4.72. The van der Waals surface area contributed by atoms with Crippen molar-refractivity contribution < 1.29 is 0 Å². The molecule has 1 heterocycles. The van der Waals surface area contributed by atoms with Gasteiger partial charge in [-0.1, -0.05) is 24.3 Å². The monoisotopic (exact) mass is 260 g/mol. The van der Waals surface area contributed by atoms with Crippen molar-refractivity contribution in [1.82, 2.24) is 10.3 Å². The molecule has 0 aliphatic rings. The average Bonchev–Trinajstić information content (AvgIpc) is 2.43. The lowest BCUT2D eigenvalue weighted by molar-refractivity contribution is 0.542. The van der Waals surface area contributed by atoms with Crippen molar-refractivity contribution in [2.45, 2.75) is 18.9 Å². The minimum atomic E-state index is 0.520. The predicted molar refractivity (Wildman–Crippen MR) is 81.3 cm³/mol. The standard InChI is InChI=1S/C15H20N2S/c1-16-13(9-10-18-2)11-14-8-7-12-5-3-4-6-15(12)17-14/h3-8,13,16H,9-11H2,1-2H3. The number of hydrogen-bond donors (Lipinski definition) is 1. The Labute approximate surface area is 113 Å². The molecule has 0 aliphatic carbocycles. The lowest BCUT2D eigenvalue weighted by atomic mass is 10.1. The van der Waals surface area contributed by atoms with Gasteiger partial charge >= 0.3 is 0 Å². The lowest BCUT2D eigenvalue weighted by Crippen LogP contribution is -2.28. The number of nitrogens with zero attached hydrogens (tertiary/aromatic N) is 1. The van der Waals surface area contributed by atoms with E-state index in [4.69, 9.17) is 4.98 Å². The molecule has 96 valence electrons.